The molecule has 6 heteroatoms. The number of carbonyl (C=O) groups is 1. The number of fused-ring (bicyclic) bond motifs is 1. The zero-order chi connectivity index (χ0) is 8.77. The topological polar surface area (TPSA) is 63.2 Å². The van der Waals surface area contributed by atoms with Crippen LogP contribution < -0.4 is 4.72 Å². The third-order valence-corrected chi connectivity index (χ3v) is 4.12. The van der Waals surface area contributed by atoms with Crippen molar-refractivity contribution in [1.82, 2.24) is 4.72 Å². The summed E-state index contributed by atoms with van der Waals surface area (Å²) in [7, 11) is -3.39. The van der Waals surface area contributed by atoms with E-state index in [0.717, 1.165) is 0 Å². The van der Waals surface area contributed by atoms with Gasteiger partial charge in [0.25, 0.3) is 0 Å². The van der Waals surface area contributed by atoms with Crippen LogP contribution in [0.25, 0.3) is 0 Å². The first kappa shape index (κ1) is 7.90. The number of hydrogen-bond acceptors (Lipinski definition) is 4. The monoisotopic (exact) mass is 203 g/mol. The highest BCUT2D eigenvalue weighted by atomic mass is 32.2. The lowest BCUT2D eigenvalue weighted by atomic mass is 10.3. The summed E-state index contributed by atoms with van der Waals surface area (Å²) in [4.78, 5) is 11.6. The third kappa shape index (κ3) is 0.996. The van der Waals surface area contributed by atoms with Gasteiger partial charge in [0.2, 0.25) is 10.0 Å². The highest BCUT2D eigenvalue weighted by molar-refractivity contribution is 7.90. The summed E-state index contributed by atoms with van der Waals surface area (Å²) in [5, 5.41) is 1.60. The average molecular weight is 203 g/mol. The van der Waals surface area contributed by atoms with Crippen molar-refractivity contribution < 1.29 is 13.2 Å². The standard InChI is InChI=1S/C6H5NO3S2/c8-4-3-7-12(9,10)5-1-2-11-6(4)5/h1-2,7H,3H2. The zero-order valence-electron chi connectivity index (χ0n) is 5.90. The summed E-state index contributed by atoms with van der Waals surface area (Å²) < 4.78 is 24.6. The van der Waals surface area contributed by atoms with Crippen LogP contribution in [-0.4, -0.2) is 20.7 Å². The second kappa shape index (κ2) is 2.38. The summed E-state index contributed by atoms with van der Waals surface area (Å²) in [6.45, 7) is -0.115. The summed E-state index contributed by atoms with van der Waals surface area (Å²) in [6.07, 6.45) is 0. The van der Waals surface area contributed by atoms with Crippen molar-refractivity contribution >= 4 is 27.1 Å². The van der Waals surface area contributed by atoms with Crippen molar-refractivity contribution in [2.24, 2.45) is 0 Å². The Morgan fingerprint density at radius 2 is 2.25 bits per heavy atom. The molecule has 64 valence electrons. The van der Waals surface area contributed by atoms with Crippen LogP contribution in [-0.2, 0) is 10.0 Å². The molecule has 1 aliphatic rings. The molecule has 0 bridgehead atoms. The van der Waals surface area contributed by atoms with Gasteiger partial charge in [-0.05, 0) is 11.4 Å². The summed E-state index contributed by atoms with van der Waals surface area (Å²) in [5.41, 5.74) is 0. The molecule has 2 heterocycles. The van der Waals surface area contributed by atoms with E-state index in [9.17, 15) is 13.2 Å². The van der Waals surface area contributed by atoms with Gasteiger partial charge < -0.3 is 0 Å². The number of nitrogens with one attached hydrogen (secondary N) is 1. The van der Waals surface area contributed by atoms with Gasteiger partial charge in [-0.2, -0.15) is 0 Å². The SMILES string of the molecule is O=C1CNS(=O)(=O)c2ccsc21. The zero-order valence-corrected chi connectivity index (χ0v) is 7.54. The van der Waals surface area contributed by atoms with Crippen LogP contribution in [0.4, 0.5) is 0 Å². The van der Waals surface area contributed by atoms with E-state index in [1.54, 1.807) is 5.38 Å². The lowest BCUT2D eigenvalue weighted by molar-refractivity contribution is 0.0995. The predicted molar refractivity (Wildman–Crippen MR) is 43.8 cm³/mol. The Morgan fingerprint density at radius 1 is 1.50 bits per heavy atom. The first-order valence-electron chi connectivity index (χ1n) is 3.21. The van der Waals surface area contributed by atoms with Crippen LogP contribution in [0.2, 0.25) is 0 Å². The molecular weight excluding hydrogens is 198 g/mol. The summed E-state index contributed by atoms with van der Waals surface area (Å²) in [6, 6.07) is 1.44. The van der Waals surface area contributed by atoms with Gasteiger partial charge in [0.15, 0.2) is 5.78 Å². The fourth-order valence-corrected chi connectivity index (χ4v) is 3.40. The quantitative estimate of drug-likeness (QED) is 0.656. The van der Waals surface area contributed by atoms with Crippen LogP contribution in [0.15, 0.2) is 16.3 Å². The number of sulfonamides is 1. The predicted octanol–water partition coefficient (Wildman–Crippen LogP) is 0.223. The second-order valence-electron chi connectivity index (χ2n) is 2.36. The van der Waals surface area contributed by atoms with Gasteiger partial charge in [-0.3, -0.25) is 4.79 Å². The maximum atomic E-state index is 11.2. The van der Waals surface area contributed by atoms with E-state index in [0.29, 0.717) is 4.88 Å². The molecule has 1 aromatic rings. The molecule has 2 rings (SSSR count). The van der Waals surface area contributed by atoms with Crippen molar-refractivity contribution in [3.05, 3.63) is 16.3 Å². The maximum absolute atomic E-state index is 11.2. The minimum absolute atomic E-state index is 0.115. The van der Waals surface area contributed by atoms with E-state index in [1.165, 1.54) is 17.4 Å². The van der Waals surface area contributed by atoms with Gasteiger partial charge in [-0.15, -0.1) is 11.3 Å². The molecule has 4 nitrogen and oxygen atoms in total. The molecule has 0 amide bonds. The van der Waals surface area contributed by atoms with E-state index < -0.39 is 10.0 Å². The summed E-state index contributed by atoms with van der Waals surface area (Å²) >= 11 is 1.17. The Hall–Kier alpha value is -0.720. The van der Waals surface area contributed by atoms with Crippen LogP contribution >= 0.6 is 11.3 Å². The van der Waals surface area contributed by atoms with Crippen LogP contribution in [0.5, 0.6) is 0 Å². The number of thiophene rings is 1. The minimum atomic E-state index is -3.39. The van der Waals surface area contributed by atoms with Crippen molar-refractivity contribution in [2.45, 2.75) is 4.90 Å². The van der Waals surface area contributed by atoms with Crippen molar-refractivity contribution in [3.63, 3.8) is 0 Å². The van der Waals surface area contributed by atoms with Gasteiger partial charge >= 0.3 is 0 Å². The molecule has 1 aliphatic heterocycles. The lowest BCUT2D eigenvalue weighted by Crippen LogP contribution is -2.34. The number of hydrogen-bond donors (Lipinski definition) is 1. The third-order valence-electron chi connectivity index (χ3n) is 1.59. The first-order chi connectivity index (χ1) is 5.61. The molecule has 0 fully saturated rings. The lowest BCUT2D eigenvalue weighted by Gasteiger charge is -2.11. The molecule has 0 aromatic carbocycles. The Morgan fingerprint density at radius 3 is 2.92 bits per heavy atom. The minimum Gasteiger partial charge on any atom is -0.292 e. The van der Waals surface area contributed by atoms with E-state index in [4.69, 9.17) is 0 Å². The van der Waals surface area contributed by atoms with E-state index in [-0.39, 0.29) is 17.2 Å². The summed E-state index contributed by atoms with van der Waals surface area (Å²) in [5.74, 6) is -0.158. The number of carbonyl (C=O) groups excluding carboxylic acids is 1. The Bertz CT molecular complexity index is 431. The molecule has 0 saturated carbocycles. The highest BCUT2D eigenvalue weighted by Gasteiger charge is 2.29. The molecule has 0 unspecified atom stereocenters. The molecular formula is C6H5NO3S2. The number of ketones is 1. The van der Waals surface area contributed by atoms with Gasteiger partial charge in [0, 0.05) is 0 Å². The smallest absolute Gasteiger partial charge is 0.242 e. The first-order valence-corrected chi connectivity index (χ1v) is 5.58. The molecule has 1 N–H and O–H groups in total. The molecule has 12 heavy (non-hydrogen) atoms. The van der Waals surface area contributed by atoms with Gasteiger partial charge in [0.1, 0.15) is 4.90 Å². The van der Waals surface area contributed by atoms with Gasteiger partial charge in [-0.1, -0.05) is 0 Å². The van der Waals surface area contributed by atoms with Crippen molar-refractivity contribution in [2.75, 3.05) is 6.54 Å². The molecule has 0 atom stereocenters. The Kier molecular flexibility index (Phi) is 1.57. The van der Waals surface area contributed by atoms with E-state index in [1.807, 2.05) is 0 Å². The molecule has 0 saturated heterocycles. The Balaban J connectivity index is 2.73. The molecule has 0 radical (unpaired) electrons. The van der Waals surface area contributed by atoms with Crippen molar-refractivity contribution in [3.8, 4) is 0 Å². The fourth-order valence-electron chi connectivity index (χ4n) is 1.03. The van der Waals surface area contributed by atoms with Crippen LogP contribution in [0.1, 0.15) is 9.67 Å². The van der Waals surface area contributed by atoms with Crippen molar-refractivity contribution in [1.29, 1.82) is 0 Å². The highest BCUT2D eigenvalue weighted by Crippen LogP contribution is 2.24. The number of rotatable bonds is 0. The number of Topliss-reactive ketones (excluding diaryl/α,β-unsaturated/α-hetero) is 1. The van der Waals surface area contributed by atoms with E-state index >= 15 is 0 Å². The maximum Gasteiger partial charge on any atom is 0.242 e. The normalized spacial score (nSPS) is 20.5. The molecule has 1 aromatic heterocycles. The largest absolute Gasteiger partial charge is 0.292 e. The van der Waals surface area contributed by atoms with Gasteiger partial charge in [0.05, 0.1) is 11.4 Å². The van der Waals surface area contributed by atoms with Crippen LogP contribution in [0.3, 0.4) is 0 Å². The molecule has 0 aliphatic carbocycles. The van der Waals surface area contributed by atoms with Gasteiger partial charge in [-0.25, -0.2) is 13.1 Å². The molecule has 0 spiro atoms. The average Bonchev–Trinajstić information content (AvgIpc) is 2.46. The Labute approximate surface area is 73.3 Å². The fraction of sp³-hybridized carbons (Fsp3) is 0.167. The second-order valence-corrected chi connectivity index (χ2v) is 5.01. The van der Waals surface area contributed by atoms with Crippen LogP contribution in [0, 0.1) is 0 Å². The van der Waals surface area contributed by atoms with E-state index in [2.05, 4.69) is 4.72 Å².